The van der Waals surface area contributed by atoms with Crippen LogP contribution in [-0.4, -0.2) is 28.6 Å². The summed E-state index contributed by atoms with van der Waals surface area (Å²) in [7, 11) is 0. The van der Waals surface area contributed by atoms with Crippen molar-refractivity contribution in [1.29, 1.82) is 0 Å². The zero-order chi connectivity index (χ0) is 22.4. The lowest BCUT2D eigenvalue weighted by molar-refractivity contribution is -0.133. The van der Waals surface area contributed by atoms with Gasteiger partial charge in [-0.25, -0.2) is 4.79 Å². The summed E-state index contributed by atoms with van der Waals surface area (Å²) in [5.74, 6) is -0.885. The van der Waals surface area contributed by atoms with Gasteiger partial charge < -0.3 is 20.3 Å². The van der Waals surface area contributed by atoms with Crippen LogP contribution in [0.1, 0.15) is 54.7 Å². The summed E-state index contributed by atoms with van der Waals surface area (Å²) in [5, 5.41) is 23.4. The van der Waals surface area contributed by atoms with E-state index in [1.54, 1.807) is 24.3 Å². The van der Waals surface area contributed by atoms with Crippen LogP contribution in [0.15, 0.2) is 65.0 Å². The summed E-state index contributed by atoms with van der Waals surface area (Å²) in [6, 6.07) is 12.7. The predicted molar refractivity (Wildman–Crippen MR) is 119 cm³/mol. The van der Waals surface area contributed by atoms with E-state index in [-0.39, 0.29) is 23.0 Å². The molecule has 2 unspecified atom stereocenters. The number of carbonyl (C=O) groups is 2. The first-order valence-corrected chi connectivity index (χ1v) is 11.0. The number of benzene rings is 2. The lowest BCUT2D eigenvalue weighted by Gasteiger charge is -2.37. The predicted octanol–water partition coefficient (Wildman–Crippen LogP) is 4.16. The molecule has 0 saturated carbocycles. The first-order valence-electron chi connectivity index (χ1n) is 11.0. The van der Waals surface area contributed by atoms with E-state index in [4.69, 9.17) is 4.74 Å². The van der Waals surface area contributed by atoms with Crippen LogP contribution in [0.25, 0.3) is 0 Å². The van der Waals surface area contributed by atoms with Crippen LogP contribution in [0.5, 0.6) is 11.5 Å². The number of nitrogens with one attached hydrogen (secondary N) is 1. The number of carboxylic acid groups (broad SMARTS) is 1. The van der Waals surface area contributed by atoms with Crippen molar-refractivity contribution in [3.05, 3.63) is 81.7 Å². The molecule has 3 aliphatic rings. The molecule has 6 heteroatoms. The standard InChI is InChI=1S/C26H25NO5/c1-2-19-25(26(30)31)23(16-4-3-5-18(28)10-16)24-20(27-19)11-17(12-21(24)29)15-7-6-14-8-9-32-22(14)13-15/h3-7,10,13,17,23,27-28H,2,8-9,11-12H2,1H3,(H,30,31). The molecule has 164 valence electrons. The van der Waals surface area contributed by atoms with Gasteiger partial charge in [-0.1, -0.05) is 31.2 Å². The van der Waals surface area contributed by atoms with Crippen LogP contribution in [0.4, 0.5) is 0 Å². The maximum atomic E-state index is 13.5. The van der Waals surface area contributed by atoms with E-state index < -0.39 is 11.9 Å². The molecule has 2 aromatic carbocycles. The molecule has 1 aliphatic carbocycles. The van der Waals surface area contributed by atoms with Crippen LogP contribution < -0.4 is 10.1 Å². The van der Waals surface area contributed by atoms with E-state index in [9.17, 15) is 19.8 Å². The smallest absolute Gasteiger partial charge is 0.334 e. The minimum Gasteiger partial charge on any atom is -0.508 e. The molecular weight excluding hydrogens is 406 g/mol. The average molecular weight is 431 g/mol. The molecule has 0 saturated heterocycles. The maximum absolute atomic E-state index is 13.5. The van der Waals surface area contributed by atoms with Crippen LogP contribution in [0.2, 0.25) is 0 Å². The second-order valence-electron chi connectivity index (χ2n) is 8.59. The van der Waals surface area contributed by atoms with Crippen molar-refractivity contribution in [3.63, 3.8) is 0 Å². The van der Waals surface area contributed by atoms with Crippen molar-refractivity contribution < 1.29 is 24.5 Å². The molecule has 2 aliphatic heterocycles. The first kappa shape index (κ1) is 20.4. The Balaban J connectivity index is 1.58. The molecule has 0 amide bonds. The molecule has 0 spiro atoms. The number of ether oxygens (including phenoxy) is 1. The molecule has 3 N–H and O–H groups in total. The molecule has 0 radical (unpaired) electrons. The molecule has 6 nitrogen and oxygen atoms in total. The normalized spacial score (nSPS) is 22.2. The van der Waals surface area contributed by atoms with Crippen LogP contribution >= 0.6 is 0 Å². The van der Waals surface area contributed by atoms with Gasteiger partial charge in [-0.15, -0.1) is 0 Å². The summed E-state index contributed by atoms with van der Waals surface area (Å²) in [5.41, 5.74) is 4.93. The van der Waals surface area contributed by atoms with Crippen LogP contribution in [-0.2, 0) is 16.0 Å². The van der Waals surface area contributed by atoms with E-state index in [2.05, 4.69) is 17.4 Å². The number of phenols is 1. The largest absolute Gasteiger partial charge is 0.508 e. The fourth-order valence-electron chi connectivity index (χ4n) is 5.19. The molecule has 2 aromatic rings. The lowest BCUT2D eigenvalue weighted by Crippen LogP contribution is -2.36. The van der Waals surface area contributed by atoms with Gasteiger partial charge in [-0.05, 0) is 53.6 Å². The van der Waals surface area contributed by atoms with Crippen molar-refractivity contribution in [2.75, 3.05) is 6.61 Å². The van der Waals surface area contributed by atoms with E-state index >= 15 is 0 Å². The summed E-state index contributed by atoms with van der Waals surface area (Å²) in [4.78, 5) is 25.7. The maximum Gasteiger partial charge on any atom is 0.334 e. The Morgan fingerprint density at radius 3 is 2.75 bits per heavy atom. The lowest BCUT2D eigenvalue weighted by atomic mass is 9.71. The highest BCUT2D eigenvalue weighted by atomic mass is 16.5. The molecule has 0 fully saturated rings. The van der Waals surface area contributed by atoms with Gasteiger partial charge in [-0.3, -0.25) is 4.79 Å². The second kappa shape index (κ2) is 7.86. The summed E-state index contributed by atoms with van der Waals surface area (Å²) < 4.78 is 5.72. The van der Waals surface area contributed by atoms with Crippen molar-refractivity contribution in [2.45, 2.75) is 44.4 Å². The number of hydrogen-bond acceptors (Lipinski definition) is 5. The third kappa shape index (κ3) is 3.36. The number of fused-ring (bicyclic) bond motifs is 1. The van der Waals surface area contributed by atoms with Crippen molar-refractivity contribution in [1.82, 2.24) is 5.32 Å². The zero-order valence-electron chi connectivity index (χ0n) is 17.9. The van der Waals surface area contributed by atoms with Gasteiger partial charge in [0, 0.05) is 35.7 Å². The highest BCUT2D eigenvalue weighted by Crippen LogP contribution is 2.46. The molecule has 0 bridgehead atoms. The van der Waals surface area contributed by atoms with E-state index in [0.717, 1.165) is 23.4 Å². The number of dihydropyridines is 1. The van der Waals surface area contributed by atoms with Crippen LogP contribution in [0.3, 0.4) is 0 Å². The third-order valence-corrected chi connectivity index (χ3v) is 6.69. The SMILES string of the molecule is CCC1=C(C(=O)O)C(c2cccc(O)c2)C2=C(CC(c3ccc4c(c3)OCC4)CC2=O)N1. The summed E-state index contributed by atoms with van der Waals surface area (Å²) in [6.07, 6.45) is 2.33. The molecule has 2 atom stereocenters. The van der Waals surface area contributed by atoms with E-state index in [1.165, 1.54) is 5.56 Å². The van der Waals surface area contributed by atoms with Crippen LogP contribution in [0, 0.1) is 0 Å². The van der Waals surface area contributed by atoms with Gasteiger partial charge in [-0.2, -0.15) is 0 Å². The van der Waals surface area contributed by atoms with Crippen molar-refractivity contribution in [3.8, 4) is 11.5 Å². The Morgan fingerprint density at radius 2 is 2.00 bits per heavy atom. The Bertz CT molecular complexity index is 1190. The van der Waals surface area contributed by atoms with Gasteiger partial charge in [0.15, 0.2) is 5.78 Å². The zero-order valence-corrected chi connectivity index (χ0v) is 17.9. The highest BCUT2D eigenvalue weighted by Gasteiger charge is 2.41. The number of phenolic OH excluding ortho intramolecular Hbond substituents is 1. The van der Waals surface area contributed by atoms with E-state index in [1.807, 2.05) is 13.0 Å². The first-order chi connectivity index (χ1) is 15.5. The van der Waals surface area contributed by atoms with Crippen molar-refractivity contribution >= 4 is 11.8 Å². The Morgan fingerprint density at radius 1 is 1.16 bits per heavy atom. The number of aromatic hydroxyl groups is 1. The van der Waals surface area contributed by atoms with Gasteiger partial charge in [0.25, 0.3) is 0 Å². The molecule has 32 heavy (non-hydrogen) atoms. The monoisotopic (exact) mass is 431 g/mol. The second-order valence-corrected chi connectivity index (χ2v) is 8.59. The number of Topliss-reactive ketones (excluding diaryl/α,β-unsaturated/α-hetero) is 1. The minimum atomic E-state index is -1.06. The average Bonchev–Trinajstić information content (AvgIpc) is 3.25. The quantitative estimate of drug-likeness (QED) is 0.673. The molecule has 2 heterocycles. The summed E-state index contributed by atoms with van der Waals surface area (Å²) >= 11 is 0. The molecule has 0 aromatic heterocycles. The topological polar surface area (TPSA) is 95.9 Å². The Hall–Kier alpha value is -3.54. The van der Waals surface area contributed by atoms with Crippen molar-refractivity contribution in [2.24, 2.45) is 0 Å². The number of ketones is 1. The number of allylic oxidation sites excluding steroid dienone is 3. The number of aliphatic carboxylic acids is 1. The fourth-order valence-corrected chi connectivity index (χ4v) is 5.19. The molecular formula is C26H25NO5. The number of carboxylic acids is 1. The van der Waals surface area contributed by atoms with Gasteiger partial charge in [0.1, 0.15) is 11.5 Å². The van der Waals surface area contributed by atoms with Gasteiger partial charge in [0.05, 0.1) is 12.2 Å². The fraction of sp³-hybridized carbons (Fsp3) is 0.308. The number of hydrogen-bond donors (Lipinski definition) is 3. The Kier molecular flexibility index (Phi) is 5.00. The number of rotatable bonds is 4. The van der Waals surface area contributed by atoms with Gasteiger partial charge >= 0.3 is 5.97 Å². The minimum absolute atomic E-state index is 0.00226. The third-order valence-electron chi connectivity index (χ3n) is 6.69. The number of carbonyl (C=O) groups excluding carboxylic acids is 1. The van der Waals surface area contributed by atoms with Gasteiger partial charge in [0.2, 0.25) is 0 Å². The molecule has 5 rings (SSSR count). The Labute approximate surface area is 186 Å². The van der Waals surface area contributed by atoms with E-state index in [0.29, 0.717) is 42.7 Å². The highest BCUT2D eigenvalue weighted by molar-refractivity contribution is 6.04. The summed E-state index contributed by atoms with van der Waals surface area (Å²) in [6.45, 7) is 2.59.